The molecule has 4 aliphatic heterocycles. The van der Waals surface area contributed by atoms with Crippen molar-refractivity contribution in [2.24, 2.45) is 0 Å². The highest BCUT2D eigenvalue weighted by Crippen LogP contribution is 2.38. The summed E-state index contributed by atoms with van der Waals surface area (Å²) in [5.41, 5.74) is 8.52. The fourth-order valence-corrected chi connectivity index (χ4v) is 9.53. The SMILES string of the molecule is Nc1nnc(-c2ccccc2O)cc1N1C[C@H](F)C[C@H](c2ccc(C(=O)N3CCC(F)(CN4CCC(n5ccc6cc(N7CCC(=O)NC7=O)c(F)cc65)CC4)CC3)cc2)C1. The average Bonchev–Trinajstić information content (AvgIpc) is 3.66. The summed E-state index contributed by atoms with van der Waals surface area (Å²) in [6, 6.07) is 20.2. The molecule has 3 aromatic carbocycles. The highest BCUT2D eigenvalue weighted by molar-refractivity contribution is 6.06. The third kappa shape index (κ3) is 8.20. The van der Waals surface area contributed by atoms with Crippen LogP contribution >= 0.6 is 0 Å². The molecular weight excluding hydrogens is 788 g/mol. The maximum absolute atomic E-state index is 16.3. The molecule has 4 N–H and O–H groups in total. The molecule has 0 bridgehead atoms. The van der Waals surface area contributed by atoms with E-state index in [0.29, 0.717) is 61.7 Å². The van der Waals surface area contributed by atoms with E-state index in [2.05, 4.69) is 25.0 Å². The molecule has 4 fully saturated rings. The van der Waals surface area contributed by atoms with Gasteiger partial charge in [-0.1, -0.05) is 24.3 Å². The van der Waals surface area contributed by atoms with Crippen molar-refractivity contribution < 1.29 is 32.7 Å². The summed E-state index contributed by atoms with van der Waals surface area (Å²) in [7, 11) is 0. The molecule has 2 aromatic heterocycles. The van der Waals surface area contributed by atoms with Gasteiger partial charge < -0.3 is 30.1 Å². The Morgan fingerprint density at radius 2 is 1.67 bits per heavy atom. The zero-order chi connectivity index (χ0) is 42.4. The Morgan fingerprint density at radius 1 is 0.918 bits per heavy atom. The molecule has 318 valence electrons. The van der Waals surface area contributed by atoms with Crippen LogP contribution < -0.4 is 20.9 Å². The van der Waals surface area contributed by atoms with Gasteiger partial charge in [-0.3, -0.25) is 19.8 Å². The first-order valence-corrected chi connectivity index (χ1v) is 20.9. The first kappa shape index (κ1) is 40.3. The number of phenols is 1. The fourth-order valence-electron chi connectivity index (χ4n) is 9.53. The molecule has 4 saturated heterocycles. The van der Waals surface area contributed by atoms with Crippen LogP contribution in [0.2, 0.25) is 0 Å². The van der Waals surface area contributed by atoms with E-state index in [4.69, 9.17) is 5.73 Å². The number of para-hydroxylation sites is 1. The first-order valence-electron chi connectivity index (χ1n) is 20.9. The van der Waals surface area contributed by atoms with Crippen molar-refractivity contribution in [3.63, 3.8) is 0 Å². The van der Waals surface area contributed by atoms with Crippen LogP contribution in [0, 0.1) is 5.82 Å². The van der Waals surface area contributed by atoms with Crippen molar-refractivity contribution in [2.75, 3.05) is 67.9 Å². The van der Waals surface area contributed by atoms with Gasteiger partial charge in [-0.15, -0.1) is 10.2 Å². The van der Waals surface area contributed by atoms with Gasteiger partial charge in [0.15, 0.2) is 5.82 Å². The highest BCUT2D eigenvalue weighted by atomic mass is 19.1. The smallest absolute Gasteiger partial charge is 0.328 e. The lowest BCUT2D eigenvalue weighted by Crippen LogP contribution is -2.51. The van der Waals surface area contributed by atoms with Crippen molar-refractivity contribution >= 4 is 45.9 Å². The minimum absolute atomic E-state index is 0.0537. The second-order valence-electron chi connectivity index (χ2n) is 16.9. The number of fused-ring (bicyclic) bond motifs is 1. The molecule has 16 heteroatoms. The molecule has 2 atom stereocenters. The number of rotatable bonds is 8. The van der Waals surface area contributed by atoms with E-state index in [1.807, 2.05) is 29.3 Å². The topological polar surface area (TPSA) is 153 Å². The lowest BCUT2D eigenvalue weighted by Gasteiger charge is -2.41. The summed E-state index contributed by atoms with van der Waals surface area (Å²) in [6.07, 6.45) is 3.22. The maximum atomic E-state index is 16.3. The molecular formula is C45H48F3N9O4. The Bertz CT molecular complexity index is 2470. The number of nitrogens with zero attached hydrogens (tertiary/aromatic N) is 7. The number of alkyl halides is 2. The number of urea groups is 1. The number of hydrogen-bond acceptors (Lipinski definition) is 9. The van der Waals surface area contributed by atoms with Gasteiger partial charge in [0.1, 0.15) is 23.4 Å². The highest BCUT2D eigenvalue weighted by Gasteiger charge is 2.39. The van der Waals surface area contributed by atoms with Gasteiger partial charge in [0.05, 0.1) is 22.6 Å². The molecule has 0 saturated carbocycles. The minimum Gasteiger partial charge on any atom is -0.507 e. The largest absolute Gasteiger partial charge is 0.507 e. The van der Waals surface area contributed by atoms with Crippen molar-refractivity contribution in [1.82, 2.24) is 29.9 Å². The Balaban J connectivity index is 0.775. The number of aromatic hydroxyl groups is 1. The molecule has 5 aromatic rings. The number of imide groups is 1. The van der Waals surface area contributed by atoms with Crippen LogP contribution in [0.3, 0.4) is 0 Å². The predicted molar refractivity (Wildman–Crippen MR) is 226 cm³/mol. The Hall–Kier alpha value is -6.16. The summed E-state index contributed by atoms with van der Waals surface area (Å²) in [5.74, 6) is -1.03. The monoisotopic (exact) mass is 835 g/mol. The molecule has 0 unspecified atom stereocenters. The van der Waals surface area contributed by atoms with Crippen LogP contribution in [0.5, 0.6) is 5.75 Å². The van der Waals surface area contributed by atoms with Crippen molar-refractivity contribution in [3.8, 4) is 17.0 Å². The van der Waals surface area contributed by atoms with Crippen LogP contribution in [-0.4, -0.2) is 112 Å². The van der Waals surface area contributed by atoms with E-state index in [1.54, 1.807) is 53.4 Å². The molecule has 61 heavy (non-hydrogen) atoms. The number of nitrogen functional groups attached to an aromatic ring is 1. The molecule has 4 aliphatic rings. The van der Waals surface area contributed by atoms with E-state index < -0.39 is 23.7 Å². The van der Waals surface area contributed by atoms with Gasteiger partial charge in [-0.25, -0.2) is 18.0 Å². The number of piperidine rings is 3. The van der Waals surface area contributed by atoms with Crippen LogP contribution in [0.15, 0.2) is 79.0 Å². The number of amides is 4. The molecule has 0 aliphatic carbocycles. The number of nitrogens with one attached hydrogen (secondary N) is 1. The van der Waals surface area contributed by atoms with E-state index in [1.165, 1.54) is 11.0 Å². The van der Waals surface area contributed by atoms with Gasteiger partial charge in [-0.05, 0) is 67.3 Å². The normalized spacial score (nSPS) is 21.5. The second-order valence-corrected chi connectivity index (χ2v) is 16.9. The maximum Gasteiger partial charge on any atom is 0.328 e. The first-order chi connectivity index (χ1) is 29.4. The van der Waals surface area contributed by atoms with Gasteiger partial charge in [0.2, 0.25) is 5.91 Å². The number of benzene rings is 3. The van der Waals surface area contributed by atoms with Gasteiger partial charge in [0.25, 0.3) is 5.91 Å². The van der Waals surface area contributed by atoms with Gasteiger partial charge >= 0.3 is 6.03 Å². The molecule has 13 nitrogen and oxygen atoms in total. The summed E-state index contributed by atoms with van der Waals surface area (Å²) in [5, 5.41) is 21.7. The quantitative estimate of drug-likeness (QED) is 0.157. The van der Waals surface area contributed by atoms with Crippen molar-refractivity contribution in [1.29, 1.82) is 0 Å². The summed E-state index contributed by atoms with van der Waals surface area (Å²) < 4.78 is 49.0. The third-order valence-electron chi connectivity index (χ3n) is 12.9. The number of hydrogen-bond donors (Lipinski definition) is 3. The summed E-state index contributed by atoms with van der Waals surface area (Å²) in [4.78, 5) is 44.5. The number of halogens is 3. The zero-order valence-corrected chi connectivity index (χ0v) is 33.7. The second kappa shape index (κ2) is 16.4. The van der Waals surface area contributed by atoms with E-state index in [-0.39, 0.29) is 79.9 Å². The lowest BCUT2D eigenvalue weighted by molar-refractivity contribution is -0.120. The average molecular weight is 836 g/mol. The number of anilines is 3. The van der Waals surface area contributed by atoms with Crippen LogP contribution in [0.25, 0.3) is 22.2 Å². The van der Waals surface area contributed by atoms with Crippen LogP contribution in [0.4, 0.5) is 35.2 Å². The number of nitrogens with two attached hydrogens (primary N) is 1. The van der Waals surface area contributed by atoms with Crippen LogP contribution in [0.1, 0.15) is 66.4 Å². The number of likely N-dealkylation sites (tertiary alicyclic amines) is 2. The number of aromatic nitrogens is 3. The Kier molecular flexibility index (Phi) is 10.8. The van der Waals surface area contributed by atoms with Crippen LogP contribution in [-0.2, 0) is 4.79 Å². The molecule has 4 amide bonds. The lowest BCUT2D eigenvalue weighted by atomic mass is 9.88. The summed E-state index contributed by atoms with van der Waals surface area (Å²) in [6.45, 7) is 2.98. The van der Waals surface area contributed by atoms with Gasteiger partial charge in [0, 0.05) is 112 Å². The third-order valence-corrected chi connectivity index (χ3v) is 12.9. The van der Waals surface area contributed by atoms with Crippen molar-refractivity contribution in [2.45, 2.75) is 62.3 Å². The number of carbonyl (C=O) groups excluding carboxylic acids is 3. The fraction of sp³-hybridized carbons (Fsp3) is 0.400. The minimum atomic E-state index is -1.43. The molecule has 6 heterocycles. The van der Waals surface area contributed by atoms with Crippen molar-refractivity contribution in [3.05, 3.63) is 95.9 Å². The zero-order valence-electron chi connectivity index (χ0n) is 33.7. The van der Waals surface area contributed by atoms with E-state index >= 15 is 13.2 Å². The Labute approximate surface area is 350 Å². The number of phenolic OH excluding ortho intramolecular Hbond substituents is 1. The summed E-state index contributed by atoms with van der Waals surface area (Å²) >= 11 is 0. The molecule has 0 radical (unpaired) electrons. The molecule has 9 rings (SSSR count). The van der Waals surface area contributed by atoms with E-state index in [0.717, 1.165) is 29.3 Å². The predicted octanol–water partition coefficient (Wildman–Crippen LogP) is 6.58. The van der Waals surface area contributed by atoms with E-state index in [9.17, 15) is 19.5 Å². The standard InChI is InChI=1S/C45H48F3N9O4/c46-32-21-31(25-55(26-32)39-24-36(51-52-42(39)49)34-3-1-2-4-40(34)58)28-5-7-29(8-6-28)43(60)54-19-13-45(48,14-20-54)27-53-15-10-33(11-16-53)56-17-9-30-22-38(35(47)23-37(30)56)57-18-12-41(59)50-44(57)61/h1-9,17,22-24,31-33,58H,10-16,18-21,25-27H2,(H2,49,52)(H,50,59,61)/t31-,32+/m0/s1. The Morgan fingerprint density at radius 3 is 2.41 bits per heavy atom. The number of carbonyl (C=O) groups is 3. The van der Waals surface area contributed by atoms with Gasteiger partial charge in [-0.2, -0.15) is 0 Å². The molecule has 0 spiro atoms.